The van der Waals surface area contributed by atoms with Gasteiger partial charge in [0.25, 0.3) is 0 Å². The van der Waals surface area contributed by atoms with Gasteiger partial charge in [-0.3, -0.25) is 4.99 Å². The van der Waals surface area contributed by atoms with Gasteiger partial charge in [0, 0.05) is 19.1 Å². The first-order valence-electron chi connectivity index (χ1n) is 8.17. The van der Waals surface area contributed by atoms with Crippen LogP contribution in [0.1, 0.15) is 25.3 Å². The number of nitrogens with one attached hydrogen (secondary N) is 2. The minimum Gasteiger partial charge on any atom is -0.493 e. The Morgan fingerprint density at radius 2 is 1.91 bits per heavy atom. The SMILES string of the molecule is CCNC(=NCCc1ccc(OC)c(OC)c1)NC1CC=CC1. The molecule has 0 atom stereocenters. The van der Waals surface area contributed by atoms with Crippen LogP contribution < -0.4 is 20.1 Å². The van der Waals surface area contributed by atoms with Crippen molar-refractivity contribution in [1.29, 1.82) is 0 Å². The molecule has 1 aliphatic carbocycles. The molecule has 5 heteroatoms. The Morgan fingerprint density at radius 3 is 2.57 bits per heavy atom. The molecule has 0 saturated heterocycles. The number of hydrogen-bond donors (Lipinski definition) is 2. The molecular formula is C18H27N3O2. The third kappa shape index (κ3) is 5.20. The first-order chi connectivity index (χ1) is 11.3. The Balaban J connectivity index is 1.91. The Kier molecular flexibility index (Phi) is 6.78. The van der Waals surface area contributed by atoms with Crippen molar-refractivity contribution in [1.82, 2.24) is 10.6 Å². The summed E-state index contributed by atoms with van der Waals surface area (Å²) in [5.41, 5.74) is 1.18. The predicted octanol–water partition coefficient (Wildman–Crippen LogP) is 2.52. The molecule has 0 aromatic heterocycles. The number of aliphatic imine (C=N–C) groups is 1. The van der Waals surface area contributed by atoms with Gasteiger partial charge < -0.3 is 20.1 Å². The van der Waals surface area contributed by atoms with Crippen molar-refractivity contribution >= 4 is 5.96 Å². The molecule has 1 aromatic carbocycles. The van der Waals surface area contributed by atoms with Gasteiger partial charge in [0.05, 0.1) is 14.2 Å². The maximum Gasteiger partial charge on any atom is 0.191 e. The summed E-state index contributed by atoms with van der Waals surface area (Å²) < 4.78 is 10.6. The number of ether oxygens (including phenoxy) is 2. The van der Waals surface area contributed by atoms with Gasteiger partial charge >= 0.3 is 0 Å². The van der Waals surface area contributed by atoms with E-state index in [9.17, 15) is 0 Å². The second kappa shape index (κ2) is 9.08. The lowest BCUT2D eigenvalue weighted by atomic mass is 10.1. The maximum atomic E-state index is 5.34. The summed E-state index contributed by atoms with van der Waals surface area (Å²) in [4.78, 5) is 4.66. The number of methoxy groups -OCH3 is 2. The van der Waals surface area contributed by atoms with Crippen molar-refractivity contribution < 1.29 is 9.47 Å². The van der Waals surface area contributed by atoms with Crippen LogP contribution in [0.4, 0.5) is 0 Å². The molecule has 1 aliphatic rings. The lowest BCUT2D eigenvalue weighted by Gasteiger charge is -2.16. The Bertz CT molecular complexity index is 547. The van der Waals surface area contributed by atoms with Crippen molar-refractivity contribution in [3.05, 3.63) is 35.9 Å². The van der Waals surface area contributed by atoms with Crippen molar-refractivity contribution in [3.8, 4) is 11.5 Å². The van der Waals surface area contributed by atoms with Crippen LogP contribution >= 0.6 is 0 Å². The number of guanidine groups is 1. The molecular weight excluding hydrogens is 290 g/mol. The van der Waals surface area contributed by atoms with E-state index < -0.39 is 0 Å². The minimum atomic E-state index is 0.467. The molecule has 0 spiro atoms. The molecule has 5 nitrogen and oxygen atoms in total. The fourth-order valence-electron chi connectivity index (χ4n) is 2.58. The summed E-state index contributed by atoms with van der Waals surface area (Å²) in [7, 11) is 3.30. The van der Waals surface area contributed by atoms with E-state index in [2.05, 4.69) is 40.8 Å². The van der Waals surface area contributed by atoms with Crippen LogP contribution in [0, 0.1) is 0 Å². The van der Waals surface area contributed by atoms with Crippen LogP contribution in [0.25, 0.3) is 0 Å². The zero-order valence-electron chi connectivity index (χ0n) is 14.3. The van der Waals surface area contributed by atoms with E-state index in [1.807, 2.05) is 12.1 Å². The second-order valence-corrected chi connectivity index (χ2v) is 5.48. The predicted molar refractivity (Wildman–Crippen MR) is 94.5 cm³/mol. The fraction of sp³-hybridized carbons (Fsp3) is 0.500. The highest BCUT2D eigenvalue weighted by Crippen LogP contribution is 2.27. The molecule has 0 saturated carbocycles. The van der Waals surface area contributed by atoms with Crippen molar-refractivity contribution in [2.24, 2.45) is 4.99 Å². The molecule has 0 amide bonds. The Hall–Kier alpha value is -2.17. The monoisotopic (exact) mass is 317 g/mol. The van der Waals surface area contributed by atoms with E-state index in [4.69, 9.17) is 9.47 Å². The van der Waals surface area contributed by atoms with Gasteiger partial charge in [0.1, 0.15) is 0 Å². The third-order valence-electron chi connectivity index (χ3n) is 3.81. The maximum absolute atomic E-state index is 5.34. The molecule has 0 unspecified atom stereocenters. The highest BCUT2D eigenvalue weighted by Gasteiger charge is 2.11. The van der Waals surface area contributed by atoms with Gasteiger partial charge in [-0.25, -0.2) is 0 Å². The molecule has 2 N–H and O–H groups in total. The average Bonchev–Trinajstić information content (AvgIpc) is 3.07. The first-order valence-corrected chi connectivity index (χ1v) is 8.17. The number of rotatable bonds is 7. The van der Waals surface area contributed by atoms with Crippen LogP contribution in [-0.4, -0.2) is 39.3 Å². The lowest BCUT2D eigenvalue weighted by molar-refractivity contribution is 0.354. The van der Waals surface area contributed by atoms with E-state index >= 15 is 0 Å². The zero-order valence-corrected chi connectivity index (χ0v) is 14.3. The molecule has 0 fully saturated rings. The summed E-state index contributed by atoms with van der Waals surface area (Å²) >= 11 is 0. The van der Waals surface area contributed by atoms with Crippen LogP contribution in [0.2, 0.25) is 0 Å². The first kappa shape index (κ1) is 17.2. The van der Waals surface area contributed by atoms with Gasteiger partial charge in [-0.05, 0) is 43.9 Å². The quantitative estimate of drug-likeness (QED) is 0.461. The van der Waals surface area contributed by atoms with Gasteiger partial charge in [0.2, 0.25) is 0 Å². The molecule has 2 rings (SSSR count). The molecule has 0 heterocycles. The van der Waals surface area contributed by atoms with E-state index in [1.165, 1.54) is 5.56 Å². The van der Waals surface area contributed by atoms with Crippen LogP contribution in [0.15, 0.2) is 35.3 Å². The molecule has 126 valence electrons. The number of benzene rings is 1. The van der Waals surface area contributed by atoms with Crippen LogP contribution in [0.3, 0.4) is 0 Å². The summed E-state index contributed by atoms with van der Waals surface area (Å²) in [5.74, 6) is 2.40. The van der Waals surface area contributed by atoms with E-state index in [-0.39, 0.29) is 0 Å². The van der Waals surface area contributed by atoms with Crippen LogP contribution in [0.5, 0.6) is 11.5 Å². The number of nitrogens with zero attached hydrogens (tertiary/aromatic N) is 1. The second-order valence-electron chi connectivity index (χ2n) is 5.48. The third-order valence-corrected chi connectivity index (χ3v) is 3.81. The summed E-state index contributed by atoms with van der Waals surface area (Å²) in [5, 5.41) is 6.78. The number of hydrogen-bond acceptors (Lipinski definition) is 3. The largest absolute Gasteiger partial charge is 0.493 e. The molecule has 23 heavy (non-hydrogen) atoms. The van der Waals surface area contributed by atoms with E-state index in [1.54, 1.807) is 14.2 Å². The smallest absolute Gasteiger partial charge is 0.191 e. The molecule has 0 aliphatic heterocycles. The lowest BCUT2D eigenvalue weighted by Crippen LogP contribution is -2.42. The highest BCUT2D eigenvalue weighted by molar-refractivity contribution is 5.80. The minimum absolute atomic E-state index is 0.467. The van der Waals surface area contributed by atoms with Crippen molar-refractivity contribution in [3.63, 3.8) is 0 Å². The average molecular weight is 317 g/mol. The molecule has 1 aromatic rings. The van der Waals surface area contributed by atoms with Gasteiger partial charge in [0.15, 0.2) is 17.5 Å². The normalized spacial score (nSPS) is 14.8. The molecule has 0 radical (unpaired) electrons. The highest BCUT2D eigenvalue weighted by atomic mass is 16.5. The van der Waals surface area contributed by atoms with Crippen LogP contribution in [-0.2, 0) is 6.42 Å². The summed E-state index contributed by atoms with van der Waals surface area (Å²) in [6.07, 6.45) is 7.43. The van der Waals surface area contributed by atoms with Crippen molar-refractivity contribution in [2.75, 3.05) is 27.3 Å². The topological polar surface area (TPSA) is 54.9 Å². The Labute approximate surface area is 138 Å². The summed E-state index contributed by atoms with van der Waals surface area (Å²) in [6.45, 7) is 3.67. The van der Waals surface area contributed by atoms with Gasteiger partial charge in [-0.1, -0.05) is 18.2 Å². The van der Waals surface area contributed by atoms with Gasteiger partial charge in [-0.2, -0.15) is 0 Å². The fourth-order valence-corrected chi connectivity index (χ4v) is 2.58. The van der Waals surface area contributed by atoms with E-state index in [0.29, 0.717) is 6.04 Å². The Morgan fingerprint density at radius 1 is 1.17 bits per heavy atom. The van der Waals surface area contributed by atoms with Crippen molar-refractivity contribution in [2.45, 2.75) is 32.2 Å². The zero-order chi connectivity index (χ0) is 16.5. The standard InChI is InChI=1S/C18H27N3O2/c1-4-19-18(21-15-7-5-6-8-15)20-12-11-14-9-10-16(22-2)17(13-14)23-3/h5-6,9-10,13,15H,4,7-8,11-12H2,1-3H3,(H2,19,20,21). The van der Waals surface area contributed by atoms with E-state index in [0.717, 1.165) is 49.8 Å². The van der Waals surface area contributed by atoms with Gasteiger partial charge in [-0.15, -0.1) is 0 Å². The molecule has 0 bridgehead atoms. The summed E-state index contributed by atoms with van der Waals surface area (Å²) in [6, 6.07) is 6.47.